The summed E-state index contributed by atoms with van der Waals surface area (Å²) >= 11 is 0. The highest BCUT2D eigenvalue weighted by molar-refractivity contribution is 5.85. The molecule has 0 fully saturated rings. The SMILES string of the molecule is CCCC(N)C(=O)Cc1cc(C)nn1C. The van der Waals surface area contributed by atoms with Gasteiger partial charge in [-0.15, -0.1) is 0 Å². The number of hydrogen-bond donors (Lipinski definition) is 1. The molecular formula is C11H19N3O. The molecule has 0 bridgehead atoms. The molecule has 0 saturated carbocycles. The van der Waals surface area contributed by atoms with E-state index in [1.807, 2.05) is 27.0 Å². The normalized spacial score (nSPS) is 12.8. The van der Waals surface area contributed by atoms with Gasteiger partial charge in [0.15, 0.2) is 5.78 Å². The second kappa shape index (κ2) is 5.07. The minimum Gasteiger partial charge on any atom is -0.321 e. The van der Waals surface area contributed by atoms with Crippen LogP contribution in [0, 0.1) is 6.92 Å². The number of carbonyl (C=O) groups is 1. The van der Waals surface area contributed by atoms with Gasteiger partial charge in [-0.25, -0.2) is 0 Å². The maximum atomic E-state index is 11.7. The first kappa shape index (κ1) is 11.9. The van der Waals surface area contributed by atoms with Crippen LogP contribution in [0.5, 0.6) is 0 Å². The van der Waals surface area contributed by atoms with Crippen LogP contribution in [0.4, 0.5) is 0 Å². The molecule has 4 heteroatoms. The fourth-order valence-corrected chi connectivity index (χ4v) is 1.61. The number of nitrogens with two attached hydrogens (primary N) is 1. The average molecular weight is 209 g/mol. The van der Waals surface area contributed by atoms with Crippen molar-refractivity contribution in [3.8, 4) is 0 Å². The number of aromatic nitrogens is 2. The molecule has 1 atom stereocenters. The molecule has 1 rings (SSSR count). The van der Waals surface area contributed by atoms with E-state index >= 15 is 0 Å². The summed E-state index contributed by atoms with van der Waals surface area (Å²) < 4.78 is 1.74. The minimum absolute atomic E-state index is 0.0971. The van der Waals surface area contributed by atoms with Crippen LogP contribution in [-0.2, 0) is 18.3 Å². The van der Waals surface area contributed by atoms with Crippen LogP contribution in [-0.4, -0.2) is 21.6 Å². The molecule has 0 aliphatic carbocycles. The fraction of sp³-hybridized carbons (Fsp3) is 0.636. The highest BCUT2D eigenvalue weighted by Crippen LogP contribution is 2.05. The predicted octanol–water partition coefficient (Wildman–Crippen LogP) is 0.968. The summed E-state index contributed by atoms with van der Waals surface area (Å²) in [6, 6.07) is 1.60. The lowest BCUT2D eigenvalue weighted by molar-refractivity contribution is -0.119. The number of ketones is 1. The maximum absolute atomic E-state index is 11.7. The van der Waals surface area contributed by atoms with Crippen molar-refractivity contribution < 1.29 is 4.79 Å². The smallest absolute Gasteiger partial charge is 0.155 e. The van der Waals surface area contributed by atoms with E-state index in [0.717, 1.165) is 24.2 Å². The zero-order valence-electron chi connectivity index (χ0n) is 9.66. The lowest BCUT2D eigenvalue weighted by atomic mass is 10.0. The lowest BCUT2D eigenvalue weighted by Crippen LogP contribution is -2.31. The van der Waals surface area contributed by atoms with Gasteiger partial charge in [0, 0.05) is 19.2 Å². The number of Topliss-reactive ketones (excluding diaryl/α,β-unsaturated/α-hetero) is 1. The molecule has 0 aliphatic heterocycles. The Hall–Kier alpha value is -1.16. The Morgan fingerprint density at radius 3 is 2.80 bits per heavy atom. The predicted molar refractivity (Wildman–Crippen MR) is 59.5 cm³/mol. The highest BCUT2D eigenvalue weighted by atomic mass is 16.1. The summed E-state index contributed by atoms with van der Waals surface area (Å²) in [6.07, 6.45) is 2.09. The van der Waals surface area contributed by atoms with Crippen LogP contribution in [0.15, 0.2) is 6.07 Å². The maximum Gasteiger partial charge on any atom is 0.155 e. The minimum atomic E-state index is -0.329. The van der Waals surface area contributed by atoms with Gasteiger partial charge in [-0.3, -0.25) is 9.48 Å². The van der Waals surface area contributed by atoms with Crippen LogP contribution >= 0.6 is 0 Å². The third kappa shape index (κ3) is 3.16. The van der Waals surface area contributed by atoms with Crippen LogP contribution in [0.2, 0.25) is 0 Å². The Bertz CT molecular complexity index is 344. The summed E-state index contributed by atoms with van der Waals surface area (Å²) in [5.41, 5.74) is 7.62. The summed E-state index contributed by atoms with van der Waals surface area (Å²) in [5, 5.41) is 4.19. The van der Waals surface area contributed by atoms with E-state index in [4.69, 9.17) is 5.73 Å². The van der Waals surface area contributed by atoms with Crippen molar-refractivity contribution in [3.05, 3.63) is 17.5 Å². The zero-order valence-corrected chi connectivity index (χ0v) is 9.66. The van der Waals surface area contributed by atoms with Crippen LogP contribution in [0.1, 0.15) is 31.2 Å². The third-order valence-corrected chi connectivity index (χ3v) is 2.47. The van der Waals surface area contributed by atoms with Gasteiger partial charge in [-0.1, -0.05) is 13.3 Å². The number of hydrogen-bond acceptors (Lipinski definition) is 3. The Labute approximate surface area is 90.5 Å². The van der Waals surface area contributed by atoms with Crippen molar-refractivity contribution in [3.63, 3.8) is 0 Å². The van der Waals surface area contributed by atoms with Gasteiger partial charge in [0.05, 0.1) is 11.7 Å². The molecule has 1 aromatic heterocycles. The molecule has 4 nitrogen and oxygen atoms in total. The van der Waals surface area contributed by atoms with Gasteiger partial charge in [0.25, 0.3) is 0 Å². The van der Waals surface area contributed by atoms with E-state index in [1.165, 1.54) is 0 Å². The van der Waals surface area contributed by atoms with E-state index in [2.05, 4.69) is 5.10 Å². The first-order chi connectivity index (χ1) is 7.04. The molecule has 2 N–H and O–H groups in total. The fourth-order valence-electron chi connectivity index (χ4n) is 1.61. The van der Waals surface area contributed by atoms with Gasteiger partial charge in [-0.2, -0.15) is 5.10 Å². The average Bonchev–Trinajstić information content (AvgIpc) is 2.45. The standard InChI is InChI=1S/C11H19N3O/c1-4-5-10(12)11(15)7-9-6-8(2)13-14(9)3/h6,10H,4-5,7,12H2,1-3H3. The van der Waals surface area contributed by atoms with Crippen LogP contribution in [0.3, 0.4) is 0 Å². The van der Waals surface area contributed by atoms with Crippen molar-refractivity contribution in [2.45, 2.75) is 39.2 Å². The molecule has 0 amide bonds. The van der Waals surface area contributed by atoms with Crippen LogP contribution < -0.4 is 5.73 Å². The van der Waals surface area contributed by atoms with Crippen molar-refractivity contribution >= 4 is 5.78 Å². The van der Waals surface area contributed by atoms with E-state index in [9.17, 15) is 4.79 Å². The molecule has 0 spiro atoms. The first-order valence-corrected chi connectivity index (χ1v) is 5.32. The zero-order chi connectivity index (χ0) is 11.4. The summed E-state index contributed by atoms with van der Waals surface area (Å²) in [5.74, 6) is 0.0971. The van der Waals surface area contributed by atoms with Gasteiger partial charge in [0.2, 0.25) is 0 Å². The Balaban J connectivity index is 2.62. The van der Waals surface area contributed by atoms with Crippen LogP contribution in [0.25, 0.3) is 0 Å². The Morgan fingerprint density at radius 1 is 1.67 bits per heavy atom. The van der Waals surface area contributed by atoms with Gasteiger partial charge < -0.3 is 5.73 Å². The first-order valence-electron chi connectivity index (χ1n) is 5.32. The Kier molecular flexibility index (Phi) is 4.03. The molecule has 15 heavy (non-hydrogen) atoms. The molecule has 0 aromatic carbocycles. The number of nitrogens with zero attached hydrogens (tertiary/aromatic N) is 2. The quantitative estimate of drug-likeness (QED) is 0.786. The van der Waals surface area contributed by atoms with Gasteiger partial charge >= 0.3 is 0 Å². The molecule has 0 aliphatic rings. The summed E-state index contributed by atoms with van der Waals surface area (Å²) in [7, 11) is 1.85. The molecule has 84 valence electrons. The van der Waals surface area contributed by atoms with Crippen molar-refractivity contribution in [2.24, 2.45) is 12.8 Å². The van der Waals surface area contributed by atoms with Crippen molar-refractivity contribution in [1.82, 2.24) is 9.78 Å². The Morgan fingerprint density at radius 2 is 2.33 bits per heavy atom. The molecule has 0 radical (unpaired) electrons. The van der Waals surface area contributed by atoms with E-state index in [1.54, 1.807) is 4.68 Å². The van der Waals surface area contributed by atoms with Crippen molar-refractivity contribution in [1.29, 1.82) is 0 Å². The number of aryl methyl sites for hydroxylation is 2. The topological polar surface area (TPSA) is 60.9 Å². The molecule has 0 saturated heterocycles. The summed E-state index contributed by atoms with van der Waals surface area (Å²) in [4.78, 5) is 11.7. The lowest BCUT2D eigenvalue weighted by Gasteiger charge is -2.08. The van der Waals surface area contributed by atoms with Gasteiger partial charge in [0.1, 0.15) is 0 Å². The monoisotopic (exact) mass is 209 g/mol. The summed E-state index contributed by atoms with van der Waals surface area (Å²) in [6.45, 7) is 3.95. The van der Waals surface area contributed by atoms with E-state index < -0.39 is 0 Å². The molecule has 1 heterocycles. The highest BCUT2D eigenvalue weighted by Gasteiger charge is 2.15. The molecule has 1 unspecified atom stereocenters. The molecular weight excluding hydrogens is 190 g/mol. The third-order valence-electron chi connectivity index (χ3n) is 2.47. The number of rotatable bonds is 5. The second-order valence-electron chi connectivity index (χ2n) is 3.94. The van der Waals surface area contributed by atoms with Gasteiger partial charge in [-0.05, 0) is 19.4 Å². The van der Waals surface area contributed by atoms with E-state index in [0.29, 0.717) is 6.42 Å². The second-order valence-corrected chi connectivity index (χ2v) is 3.94. The largest absolute Gasteiger partial charge is 0.321 e. The molecule has 1 aromatic rings. The van der Waals surface area contributed by atoms with E-state index in [-0.39, 0.29) is 11.8 Å². The number of carbonyl (C=O) groups excluding carboxylic acids is 1. The van der Waals surface area contributed by atoms with Crippen molar-refractivity contribution in [2.75, 3.05) is 0 Å².